The molecule has 2 amide bonds. The van der Waals surface area contributed by atoms with Gasteiger partial charge in [0.2, 0.25) is 5.91 Å². The molecule has 154 valence electrons. The van der Waals surface area contributed by atoms with Gasteiger partial charge in [-0.2, -0.15) is 0 Å². The molecule has 7 heteroatoms. The summed E-state index contributed by atoms with van der Waals surface area (Å²) in [5.41, 5.74) is 0.0756. The minimum absolute atomic E-state index is 0.163. The fraction of sp³-hybridized carbons (Fsp3) is 0.500. The molecule has 1 N–H and O–H groups in total. The van der Waals surface area contributed by atoms with Crippen LogP contribution in [0.3, 0.4) is 0 Å². The highest BCUT2D eigenvalue weighted by molar-refractivity contribution is 5.96. The molecule has 0 bridgehead atoms. The first-order valence-electron chi connectivity index (χ1n) is 10.5. The first-order valence-corrected chi connectivity index (χ1v) is 10.5. The predicted octanol–water partition coefficient (Wildman–Crippen LogP) is 1.69. The van der Waals surface area contributed by atoms with Crippen LogP contribution in [-0.2, 0) is 4.79 Å². The number of carbonyl (C=O) groups is 2. The Labute approximate surface area is 170 Å². The fourth-order valence-electron chi connectivity index (χ4n) is 4.36. The second kappa shape index (κ2) is 8.37. The van der Waals surface area contributed by atoms with E-state index in [1.54, 1.807) is 17.0 Å². The molecule has 1 aromatic heterocycles. The van der Waals surface area contributed by atoms with Crippen molar-refractivity contribution in [2.24, 2.45) is 0 Å². The van der Waals surface area contributed by atoms with E-state index in [4.69, 9.17) is 0 Å². The van der Waals surface area contributed by atoms with Gasteiger partial charge in [0.1, 0.15) is 5.69 Å². The average molecular weight is 396 g/mol. The number of fused-ring (bicyclic) bond motifs is 1. The van der Waals surface area contributed by atoms with Crippen molar-refractivity contribution in [1.29, 1.82) is 0 Å². The molecule has 1 unspecified atom stereocenters. The third-order valence-electron chi connectivity index (χ3n) is 6.13. The summed E-state index contributed by atoms with van der Waals surface area (Å²) in [7, 11) is 0. The van der Waals surface area contributed by atoms with Gasteiger partial charge in [-0.1, -0.05) is 18.2 Å². The highest BCUT2D eigenvalue weighted by atomic mass is 16.2. The molecule has 4 rings (SSSR count). The van der Waals surface area contributed by atoms with Gasteiger partial charge >= 0.3 is 0 Å². The Bertz CT molecular complexity index is 962. The van der Waals surface area contributed by atoms with Crippen LogP contribution in [0.25, 0.3) is 10.8 Å². The first kappa shape index (κ1) is 19.6. The lowest BCUT2D eigenvalue weighted by Crippen LogP contribution is -2.53. The van der Waals surface area contributed by atoms with Crippen LogP contribution in [0.5, 0.6) is 0 Å². The second-order valence-electron chi connectivity index (χ2n) is 8.10. The van der Waals surface area contributed by atoms with Gasteiger partial charge in [-0.3, -0.25) is 19.3 Å². The van der Waals surface area contributed by atoms with E-state index in [1.807, 2.05) is 23.1 Å². The van der Waals surface area contributed by atoms with Crippen molar-refractivity contribution in [1.82, 2.24) is 19.7 Å². The summed E-state index contributed by atoms with van der Waals surface area (Å²) in [4.78, 5) is 46.4. The second-order valence-corrected chi connectivity index (χ2v) is 8.10. The maximum Gasteiger partial charge on any atom is 0.270 e. The molecule has 2 saturated heterocycles. The van der Waals surface area contributed by atoms with Gasteiger partial charge in [0.15, 0.2) is 0 Å². The normalized spacial score (nSPS) is 20.8. The maximum atomic E-state index is 12.9. The third-order valence-corrected chi connectivity index (χ3v) is 6.13. The van der Waals surface area contributed by atoms with Crippen LogP contribution < -0.4 is 5.56 Å². The van der Waals surface area contributed by atoms with E-state index >= 15 is 0 Å². The largest absolute Gasteiger partial charge is 0.339 e. The van der Waals surface area contributed by atoms with E-state index in [1.165, 1.54) is 6.42 Å². The monoisotopic (exact) mass is 396 g/mol. The summed E-state index contributed by atoms with van der Waals surface area (Å²) in [6.45, 7) is 5.83. The van der Waals surface area contributed by atoms with E-state index < -0.39 is 0 Å². The minimum atomic E-state index is -0.244. The molecule has 3 heterocycles. The minimum Gasteiger partial charge on any atom is -0.339 e. The number of piperidine rings is 1. The molecule has 0 spiro atoms. The Morgan fingerprint density at radius 1 is 1.07 bits per heavy atom. The molecule has 1 atom stereocenters. The number of carbonyl (C=O) groups excluding carboxylic acids is 2. The molecular weight excluding hydrogens is 368 g/mol. The lowest BCUT2D eigenvalue weighted by atomic mass is 10.0. The quantitative estimate of drug-likeness (QED) is 0.857. The van der Waals surface area contributed by atoms with Crippen LogP contribution in [-0.4, -0.2) is 76.8 Å². The van der Waals surface area contributed by atoms with Crippen LogP contribution >= 0.6 is 0 Å². The van der Waals surface area contributed by atoms with Gasteiger partial charge in [0.05, 0.1) is 6.54 Å². The number of amides is 2. The zero-order chi connectivity index (χ0) is 20.4. The molecule has 7 nitrogen and oxygen atoms in total. The Morgan fingerprint density at radius 2 is 1.83 bits per heavy atom. The smallest absolute Gasteiger partial charge is 0.270 e. The van der Waals surface area contributed by atoms with Crippen LogP contribution in [0.4, 0.5) is 0 Å². The highest BCUT2D eigenvalue weighted by Crippen LogP contribution is 2.17. The molecule has 2 fully saturated rings. The SMILES string of the molecule is CC1CCCCN1C(=O)CN1CCN(C(=O)c2cc3ccccc3c(=O)[nH]2)CC1. The van der Waals surface area contributed by atoms with E-state index in [-0.39, 0.29) is 17.4 Å². The van der Waals surface area contributed by atoms with Crippen molar-refractivity contribution >= 4 is 22.6 Å². The number of aromatic nitrogens is 1. The number of piperazine rings is 1. The molecule has 0 aliphatic carbocycles. The van der Waals surface area contributed by atoms with Gasteiger partial charge in [-0.25, -0.2) is 0 Å². The molecule has 0 saturated carbocycles. The van der Waals surface area contributed by atoms with E-state index in [0.717, 1.165) is 24.8 Å². The number of hydrogen-bond donors (Lipinski definition) is 1. The van der Waals surface area contributed by atoms with Crippen LogP contribution in [0, 0.1) is 0 Å². The molecule has 29 heavy (non-hydrogen) atoms. The topological polar surface area (TPSA) is 76.7 Å². The number of H-pyrrole nitrogens is 1. The molecule has 2 aliphatic rings. The number of hydrogen-bond acceptors (Lipinski definition) is 4. The fourth-order valence-corrected chi connectivity index (χ4v) is 4.36. The summed E-state index contributed by atoms with van der Waals surface area (Å²) >= 11 is 0. The predicted molar refractivity (Wildman–Crippen MR) is 112 cm³/mol. The lowest BCUT2D eigenvalue weighted by Gasteiger charge is -2.38. The van der Waals surface area contributed by atoms with Crippen LogP contribution in [0.1, 0.15) is 36.7 Å². The number of likely N-dealkylation sites (tertiary alicyclic amines) is 1. The number of pyridine rings is 1. The summed E-state index contributed by atoms with van der Waals surface area (Å²) in [6, 6.07) is 9.32. The van der Waals surface area contributed by atoms with Crippen molar-refractivity contribution in [3.05, 3.63) is 46.4 Å². The van der Waals surface area contributed by atoms with Gasteiger partial charge in [-0.05, 0) is 43.7 Å². The van der Waals surface area contributed by atoms with Crippen molar-refractivity contribution in [2.45, 2.75) is 32.2 Å². The Balaban J connectivity index is 1.36. The molecule has 1 aromatic carbocycles. The van der Waals surface area contributed by atoms with Gasteiger partial charge in [-0.15, -0.1) is 0 Å². The summed E-state index contributed by atoms with van der Waals surface area (Å²) < 4.78 is 0. The molecular formula is C22H28N4O3. The summed E-state index contributed by atoms with van der Waals surface area (Å²) in [6.07, 6.45) is 3.36. The summed E-state index contributed by atoms with van der Waals surface area (Å²) in [5.74, 6) is 0.0271. The van der Waals surface area contributed by atoms with Crippen molar-refractivity contribution in [3.63, 3.8) is 0 Å². The lowest BCUT2D eigenvalue weighted by molar-refractivity contribution is -0.136. The number of nitrogens with one attached hydrogen (secondary N) is 1. The molecule has 2 aromatic rings. The van der Waals surface area contributed by atoms with E-state index in [0.29, 0.717) is 49.8 Å². The standard InChI is InChI=1S/C22H28N4O3/c1-16-6-4-5-9-26(16)20(27)15-24-10-12-25(13-11-24)22(29)19-14-17-7-2-3-8-18(17)21(28)23-19/h2-3,7-8,14,16H,4-6,9-13,15H2,1H3,(H,23,28). The van der Waals surface area contributed by atoms with Crippen molar-refractivity contribution in [2.75, 3.05) is 39.3 Å². The zero-order valence-corrected chi connectivity index (χ0v) is 16.9. The zero-order valence-electron chi connectivity index (χ0n) is 16.9. The van der Waals surface area contributed by atoms with Crippen LogP contribution in [0.2, 0.25) is 0 Å². The molecule has 0 radical (unpaired) electrons. The summed E-state index contributed by atoms with van der Waals surface area (Å²) in [5, 5.41) is 1.35. The number of aromatic amines is 1. The van der Waals surface area contributed by atoms with Gasteiger partial charge in [0.25, 0.3) is 11.5 Å². The van der Waals surface area contributed by atoms with Gasteiger partial charge in [0, 0.05) is 44.2 Å². The first-order chi connectivity index (χ1) is 14.0. The van der Waals surface area contributed by atoms with E-state index in [9.17, 15) is 14.4 Å². The number of benzene rings is 1. The van der Waals surface area contributed by atoms with Crippen molar-refractivity contribution in [3.8, 4) is 0 Å². The Kier molecular flexibility index (Phi) is 5.67. The Morgan fingerprint density at radius 3 is 2.59 bits per heavy atom. The number of nitrogens with zero attached hydrogens (tertiary/aromatic N) is 3. The molecule has 2 aliphatic heterocycles. The number of rotatable bonds is 3. The average Bonchev–Trinajstić information content (AvgIpc) is 2.74. The third kappa shape index (κ3) is 4.19. The van der Waals surface area contributed by atoms with Crippen LogP contribution in [0.15, 0.2) is 35.1 Å². The Hall–Kier alpha value is -2.67. The van der Waals surface area contributed by atoms with Crippen molar-refractivity contribution < 1.29 is 9.59 Å². The maximum absolute atomic E-state index is 12.9. The highest BCUT2D eigenvalue weighted by Gasteiger charge is 2.28. The van der Waals surface area contributed by atoms with Gasteiger partial charge < -0.3 is 14.8 Å². The van der Waals surface area contributed by atoms with E-state index in [2.05, 4.69) is 16.8 Å².